The van der Waals surface area contributed by atoms with Gasteiger partial charge >= 0.3 is 6.18 Å². The molecule has 303 valence electrons. The van der Waals surface area contributed by atoms with E-state index in [2.05, 4.69) is 86.0 Å². The third kappa shape index (κ3) is 7.80. The summed E-state index contributed by atoms with van der Waals surface area (Å²) in [7, 11) is 0.0514. The number of likely N-dealkylation sites (tertiary alicyclic amines) is 1. The number of halogens is 3. The van der Waals surface area contributed by atoms with Crippen molar-refractivity contribution in [1.82, 2.24) is 19.7 Å². The summed E-state index contributed by atoms with van der Waals surface area (Å²) in [5.74, 6) is 1.15. The molecule has 2 atom stereocenters. The van der Waals surface area contributed by atoms with Crippen LogP contribution < -0.4 is 15.3 Å². The van der Waals surface area contributed by atoms with Crippen LogP contribution in [0.4, 0.5) is 18.9 Å². The largest absolute Gasteiger partial charge is 0.416 e. The second-order valence-corrected chi connectivity index (χ2v) is 20.1. The van der Waals surface area contributed by atoms with Gasteiger partial charge < -0.3 is 9.33 Å². The van der Waals surface area contributed by atoms with Gasteiger partial charge in [0.2, 0.25) is 0 Å². The number of piperidine rings is 1. The van der Waals surface area contributed by atoms with Crippen LogP contribution in [0.25, 0.3) is 0 Å². The van der Waals surface area contributed by atoms with E-state index in [0.717, 1.165) is 60.5 Å². The first-order valence-electron chi connectivity index (χ1n) is 20.5. The number of nitrogens with zero attached hydrogens (tertiary/aromatic N) is 5. The van der Waals surface area contributed by atoms with E-state index in [4.69, 9.17) is 4.43 Å². The summed E-state index contributed by atoms with van der Waals surface area (Å²) in [5, 5.41) is 6.80. The molecule has 0 N–H and O–H groups in total. The van der Waals surface area contributed by atoms with E-state index in [1.807, 2.05) is 49.5 Å². The number of amides is 1. The van der Waals surface area contributed by atoms with E-state index >= 15 is 13.2 Å². The lowest BCUT2D eigenvalue weighted by molar-refractivity contribution is -0.138. The molecule has 5 aromatic rings. The van der Waals surface area contributed by atoms with Crippen LogP contribution in [0.3, 0.4) is 0 Å². The Balaban J connectivity index is 1.15. The molecule has 7 nitrogen and oxygen atoms in total. The molecule has 4 aromatic carbocycles. The number of aromatic nitrogens is 3. The topological polar surface area (TPSA) is 63.5 Å². The average Bonchev–Trinajstić information content (AvgIpc) is 3.77. The van der Waals surface area contributed by atoms with Crippen LogP contribution in [-0.4, -0.2) is 54.3 Å². The zero-order valence-electron chi connectivity index (χ0n) is 34.3. The van der Waals surface area contributed by atoms with Crippen LogP contribution in [-0.2, 0) is 35.0 Å². The fraction of sp³-hybridized carbons (Fsp3) is 0.426. The van der Waals surface area contributed by atoms with Crippen molar-refractivity contribution in [3.8, 4) is 0 Å². The molecule has 0 spiro atoms. The van der Waals surface area contributed by atoms with Crippen LogP contribution >= 0.6 is 0 Å². The number of fused-ring (bicyclic) bond motifs is 1. The Bertz CT molecular complexity index is 2260. The first kappa shape index (κ1) is 40.2. The molecule has 1 unspecified atom stereocenters. The molecule has 1 saturated heterocycles. The van der Waals surface area contributed by atoms with Gasteiger partial charge in [-0.25, -0.2) is 4.98 Å². The van der Waals surface area contributed by atoms with Gasteiger partial charge in [-0.2, -0.15) is 18.3 Å². The van der Waals surface area contributed by atoms with Crippen molar-refractivity contribution in [2.24, 2.45) is 18.9 Å². The average molecular weight is 805 g/mol. The summed E-state index contributed by atoms with van der Waals surface area (Å²) in [4.78, 5) is 22.9. The van der Waals surface area contributed by atoms with E-state index in [1.54, 1.807) is 17.1 Å². The first-order chi connectivity index (χ1) is 27.6. The predicted octanol–water partition coefficient (Wildman–Crippen LogP) is 8.60. The molecular weight excluding hydrogens is 752 g/mol. The molecule has 1 saturated carbocycles. The number of hydrogen-bond donors (Lipinski definition) is 0. The highest BCUT2D eigenvalue weighted by atomic mass is 28.3. The molecular formula is C47H53F3N5O2Si. The van der Waals surface area contributed by atoms with Gasteiger partial charge in [0.15, 0.2) is 5.82 Å². The number of alkyl halides is 3. The third-order valence-corrected chi connectivity index (χ3v) is 14.6. The van der Waals surface area contributed by atoms with Crippen LogP contribution in [0.1, 0.15) is 110 Å². The van der Waals surface area contributed by atoms with Crippen molar-refractivity contribution < 1.29 is 22.4 Å². The smallest absolute Gasteiger partial charge is 0.405 e. The van der Waals surface area contributed by atoms with Crippen LogP contribution in [0.5, 0.6) is 0 Å². The molecule has 3 heterocycles. The lowest BCUT2D eigenvalue weighted by Crippen LogP contribution is -2.47. The maximum absolute atomic E-state index is 15.2. The fourth-order valence-corrected chi connectivity index (χ4v) is 11.4. The molecule has 1 aromatic heterocycles. The highest BCUT2D eigenvalue weighted by Crippen LogP contribution is 2.52. The summed E-state index contributed by atoms with van der Waals surface area (Å²) in [5.41, 5.74) is 2.17. The van der Waals surface area contributed by atoms with Gasteiger partial charge in [0.1, 0.15) is 6.33 Å². The van der Waals surface area contributed by atoms with Crippen molar-refractivity contribution >= 4 is 31.0 Å². The van der Waals surface area contributed by atoms with E-state index in [-0.39, 0.29) is 29.7 Å². The first-order valence-corrected chi connectivity index (χ1v) is 21.9. The number of benzene rings is 4. The molecule has 11 heteroatoms. The van der Waals surface area contributed by atoms with E-state index in [0.29, 0.717) is 23.1 Å². The Hall–Kier alpha value is -4.58. The Kier molecular flexibility index (Phi) is 10.8. The zero-order chi connectivity index (χ0) is 41.0. The van der Waals surface area contributed by atoms with Crippen molar-refractivity contribution in [2.45, 2.75) is 89.9 Å². The second kappa shape index (κ2) is 15.5. The number of carbonyl (C=O) groups excluding carboxylic acids is 1. The van der Waals surface area contributed by atoms with E-state index in [1.165, 1.54) is 16.5 Å². The van der Waals surface area contributed by atoms with Crippen LogP contribution in [0.2, 0.25) is 0 Å². The number of carbonyl (C=O) groups is 1. The SMILES string of the molecule is CC1CC(c2cccc(N3Cc4c(cc(C(CO[Si](c5ccccc5)c5ccc(C(C)(C)C)cc5)N5CCC[C@H](C)C5)cc4C(F)(F)F)C3=O)c2)(c2ncn(C)n2)C1. The summed E-state index contributed by atoms with van der Waals surface area (Å²) in [6.07, 6.45) is 0.733. The van der Waals surface area contributed by atoms with Gasteiger partial charge in [0.25, 0.3) is 14.9 Å². The second-order valence-electron chi connectivity index (χ2n) is 18.0. The normalized spacial score (nSPS) is 22.0. The fourth-order valence-electron chi connectivity index (χ4n) is 9.42. The zero-order valence-corrected chi connectivity index (χ0v) is 35.3. The summed E-state index contributed by atoms with van der Waals surface area (Å²) in [6.45, 7) is 12.4. The Morgan fingerprint density at radius 2 is 1.64 bits per heavy atom. The highest BCUT2D eigenvalue weighted by Gasteiger charge is 2.48. The van der Waals surface area contributed by atoms with Crippen LogP contribution in [0, 0.1) is 11.8 Å². The number of rotatable bonds is 10. The number of hydrogen-bond acceptors (Lipinski definition) is 5. The van der Waals surface area contributed by atoms with Gasteiger partial charge in [0.05, 0.1) is 30.2 Å². The van der Waals surface area contributed by atoms with Crippen LogP contribution in [0.15, 0.2) is 97.3 Å². The molecule has 2 fully saturated rings. The van der Waals surface area contributed by atoms with Crippen molar-refractivity contribution in [2.75, 3.05) is 24.6 Å². The van der Waals surface area contributed by atoms with Gasteiger partial charge in [-0.3, -0.25) is 14.4 Å². The summed E-state index contributed by atoms with van der Waals surface area (Å²) in [6, 6.07) is 28.9. The van der Waals surface area contributed by atoms with Gasteiger partial charge in [-0.05, 0) is 106 Å². The van der Waals surface area contributed by atoms with Gasteiger partial charge in [0, 0.05) is 24.8 Å². The lowest BCUT2D eigenvalue weighted by atomic mass is 9.58. The molecule has 8 rings (SSSR count). The molecule has 3 aliphatic rings. The molecule has 1 aliphatic carbocycles. The molecule has 0 bridgehead atoms. The number of anilines is 1. The molecule has 2 aliphatic heterocycles. The summed E-state index contributed by atoms with van der Waals surface area (Å²) < 4.78 is 54.4. The Labute approximate surface area is 342 Å². The minimum absolute atomic E-state index is 0.0107. The van der Waals surface area contributed by atoms with Crippen molar-refractivity contribution in [1.29, 1.82) is 0 Å². The van der Waals surface area contributed by atoms with Gasteiger partial charge in [-0.1, -0.05) is 101 Å². The maximum Gasteiger partial charge on any atom is 0.416 e. The quantitative estimate of drug-likeness (QED) is 0.133. The maximum atomic E-state index is 15.2. The third-order valence-electron chi connectivity index (χ3n) is 12.4. The highest BCUT2D eigenvalue weighted by molar-refractivity contribution is 6.80. The summed E-state index contributed by atoms with van der Waals surface area (Å²) >= 11 is 0. The molecule has 1 radical (unpaired) electrons. The molecule has 58 heavy (non-hydrogen) atoms. The Morgan fingerprint density at radius 1 is 0.914 bits per heavy atom. The van der Waals surface area contributed by atoms with Crippen molar-refractivity contribution in [3.05, 3.63) is 137 Å². The molecule has 1 amide bonds. The minimum Gasteiger partial charge on any atom is -0.405 e. The Morgan fingerprint density at radius 3 is 2.28 bits per heavy atom. The van der Waals surface area contributed by atoms with E-state index < -0.39 is 38.1 Å². The van der Waals surface area contributed by atoms with Crippen molar-refractivity contribution in [3.63, 3.8) is 0 Å². The van der Waals surface area contributed by atoms with Gasteiger partial charge in [-0.15, -0.1) is 0 Å². The minimum atomic E-state index is -4.66. The lowest BCUT2D eigenvalue weighted by Gasteiger charge is -2.45. The standard InChI is InChI=1S/C47H53F3N5O2Si/c1-31-12-11-21-54(27-31)42(29-57-58(37-15-8-7-9-16-37)38-19-17-34(18-20-38)45(3,4)5)33-22-39-40(41(23-33)47(48,49)50)28-55(43(39)56)36-14-10-13-35(24-36)46(25-32(2)26-46)44-51-30-53(6)52-44/h7-10,13-20,22-24,30-32,42H,11-12,21,25-29H2,1-6H3/t31-,32?,42?,46?/m0/s1. The van der Waals surface area contributed by atoms with E-state index in [9.17, 15) is 4.79 Å². The monoisotopic (exact) mass is 804 g/mol. The predicted molar refractivity (Wildman–Crippen MR) is 224 cm³/mol. The number of aryl methyl sites for hydroxylation is 1.